The Morgan fingerprint density at radius 2 is 1.69 bits per heavy atom. The van der Waals surface area contributed by atoms with Crippen LogP contribution in [0.2, 0.25) is 10.0 Å². The summed E-state index contributed by atoms with van der Waals surface area (Å²) >= 11 is 11.9. The van der Waals surface area contributed by atoms with Gasteiger partial charge in [-0.3, -0.25) is 4.79 Å². The lowest BCUT2D eigenvalue weighted by atomic mass is 10.1. The van der Waals surface area contributed by atoms with Crippen LogP contribution in [0.5, 0.6) is 0 Å². The number of fused-ring (bicyclic) bond motifs is 1. The minimum absolute atomic E-state index is 0.253. The third-order valence-electron chi connectivity index (χ3n) is 4.38. The maximum Gasteiger partial charge on any atom is 0.251 e. The maximum absolute atomic E-state index is 13.4. The van der Waals surface area contributed by atoms with Crippen LogP contribution in [0.25, 0.3) is 22.4 Å². The molecule has 0 saturated carbocycles. The van der Waals surface area contributed by atoms with Gasteiger partial charge in [0.05, 0.1) is 21.1 Å². The molecule has 0 aliphatic heterocycles. The minimum Gasteiger partial charge on any atom is -0.348 e. The van der Waals surface area contributed by atoms with E-state index < -0.39 is 11.6 Å². The molecule has 0 saturated heterocycles. The van der Waals surface area contributed by atoms with Crippen LogP contribution in [-0.4, -0.2) is 15.9 Å². The van der Waals surface area contributed by atoms with E-state index in [4.69, 9.17) is 23.2 Å². The molecule has 1 aromatic heterocycles. The number of benzene rings is 3. The number of aromatic amines is 1. The smallest absolute Gasteiger partial charge is 0.251 e. The molecule has 4 aromatic rings. The van der Waals surface area contributed by atoms with Gasteiger partial charge in [-0.25, -0.2) is 13.8 Å². The second kappa shape index (κ2) is 7.81. The zero-order valence-electron chi connectivity index (χ0n) is 14.8. The fourth-order valence-electron chi connectivity index (χ4n) is 2.86. The van der Waals surface area contributed by atoms with Crippen molar-refractivity contribution in [2.75, 3.05) is 0 Å². The van der Waals surface area contributed by atoms with Crippen molar-refractivity contribution in [1.29, 1.82) is 0 Å². The number of rotatable bonds is 4. The first kappa shape index (κ1) is 19.4. The van der Waals surface area contributed by atoms with E-state index in [1.54, 1.807) is 42.5 Å². The van der Waals surface area contributed by atoms with Crippen molar-refractivity contribution >= 4 is 40.1 Å². The fraction of sp³-hybridized carbons (Fsp3) is 0.0476. The van der Waals surface area contributed by atoms with E-state index in [1.807, 2.05) is 0 Å². The first-order valence-corrected chi connectivity index (χ1v) is 9.33. The molecule has 4 rings (SSSR count). The van der Waals surface area contributed by atoms with Gasteiger partial charge >= 0.3 is 0 Å². The van der Waals surface area contributed by atoms with Gasteiger partial charge in [0.15, 0.2) is 11.6 Å². The number of hydrogen-bond donors (Lipinski definition) is 2. The lowest BCUT2D eigenvalue weighted by molar-refractivity contribution is 0.0951. The van der Waals surface area contributed by atoms with Gasteiger partial charge in [0.25, 0.3) is 5.91 Å². The van der Waals surface area contributed by atoms with Crippen LogP contribution >= 0.6 is 23.2 Å². The summed E-state index contributed by atoms with van der Waals surface area (Å²) in [5.74, 6) is -1.70. The number of aromatic nitrogens is 2. The third-order valence-corrected chi connectivity index (χ3v) is 5.12. The van der Waals surface area contributed by atoms with Crippen LogP contribution < -0.4 is 5.32 Å². The second-order valence-electron chi connectivity index (χ2n) is 6.38. The van der Waals surface area contributed by atoms with Gasteiger partial charge in [-0.2, -0.15) is 0 Å². The van der Waals surface area contributed by atoms with Crippen molar-refractivity contribution in [3.63, 3.8) is 0 Å². The molecule has 1 heterocycles. The van der Waals surface area contributed by atoms with Gasteiger partial charge in [-0.1, -0.05) is 41.4 Å². The average Bonchev–Trinajstić information content (AvgIpc) is 3.11. The van der Waals surface area contributed by atoms with E-state index in [0.29, 0.717) is 44.6 Å². The SMILES string of the molecule is O=C(NCc1ccc(Cl)c(Cl)c1)c1ccc(-c2nc3cc(F)c(F)cc3[nH]2)cc1. The number of hydrogen-bond acceptors (Lipinski definition) is 2. The third kappa shape index (κ3) is 4.09. The monoisotopic (exact) mass is 431 g/mol. The van der Waals surface area contributed by atoms with Gasteiger partial charge in [0.1, 0.15) is 5.82 Å². The van der Waals surface area contributed by atoms with E-state index in [1.165, 1.54) is 0 Å². The molecule has 2 N–H and O–H groups in total. The highest BCUT2D eigenvalue weighted by molar-refractivity contribution is 6.42. The number of amides is 1. The van der Waals surface area contributed by atoms with E-state index in [9.17, 15) is 13.6 Å². The highest BCUT2D eigenvalue weighted by Gasteiger charge is 2.11. The predicted molar refractivity (Wildman–Crippen MR) is 109 cm³/mol. The molecule has 3 aromatic carbocycles. The lowest BCUT2D eigenvalue weighted by Crippen LogP contribution is -2.22. The molecule has 4 nitrogen and oxygen atoms in total. The van der Waals surface area contributed by atoms with Crippen molar-refractivity contribution in [3.05, 3.63) is 87.4 Å². The predicted octanol–water partition coefficient (Wildman–Crippen LogP) is 5.74. The largest absolute Gasteiger partial charge is 0.348 e. The van der Waals surface area contributed by atoms with Crippen molar-refractivity contribution in [2.45, 2.75) is 6.54 Å². The van der Waals surface area contributed by atoms with Crippen LogP contribution in [0.4, 0.5) is 8.78 Å². The van der Waals surface area contributed by atoms with Crippen molar-refractivity contribution in [1.82, 2.24) is 15.3 Å². The Morgan fingerprint density at radius 3 is 2.41 bits per heavy atom. The molecule has 1 amide bonds. The number of carbonyl (C=O) groups is 1. The Labute approximate surface area is 174 Å². The number of H-pyrrole nitrogens is 1. The molecule has 0 atom stereocenters. The molecule has 0 spiro atoms. The van der Waals surface area contributed by atoms with Crippen LogP contribution in [0, 0.1) is 11.6 Å². The first-order valence-electron chi connectivity index (χ1n) is 8.58. The maximum atomic E-state index is 13.4. The first-order chi connectivity index (χ1) is 13.9. The van der Waals surface area contributed by atoms with Gasteiger partial charge in [-0.05, 0) is 29.8 Å². The van der Waals surface area contributed by atoms with E-state index >= 15 is 0 Å². The number of nitrogens with one attached hydrogen (secondary N) is 2. The van der Waals surface area contributed by atoms with Gasteiger partial charge in [0, 0.05) is 29.8 Å². The molecule has 8 heteroatoms. The van der Waals surface area contributed by atoms with E-state index in [0.717, 1.165) is 17.7 Å². The van der Waals surface area contributed by atoms with Gasteiger partial charge in [0.2, 0.25) is 0 Å². The second-order valence-corrected chi connectivity index (χ2v) is 7.19. The molecule has 146 valence electrons. The zero-order valence-corrected chi connectivity index (χ0v) is 16.3. The lowest BCUT2D eigenvalue weighted by Gasteiger charge is -2.07. The topological polar surface area (TPSA) is 57.8 Å². The van der Waals surface area contributed by atoms with Crippen molar-refractivity contribution in [2.24, 2.45) is 0 Å². The fourth-order valence-corrected chi connectivity index (χ4v) is 3.18. The Hall–Kier alpha value is -2.96. The van der Waals surface area contributed by atoms with E-state index in [-0.39, 0.29) is 5.91 Å². The molecule has 0 fully saturated rings. The minimum atomic E-state index is -0.954. The molecule has 0 radical (unpaired) electrons. The summed E-state index contributed by atoms with van der Waals surface area (Å²) in [6, 6.07) is 14.0. The average molecular weight is 432 g/mol. The summed E-state index contributed by atoms with van der Waals surface area (Å²) in [6.07, 6.45) is 0. The number of imidazole rings is 1. The number of halogens is 4. The quantitative estimate of drug-likeness (QED) is 0.432. The summed E-state index contributed by atoms with van der Waals surface area (Å²) in [5.41, 5.74) is 2.68. The molecular formula is C21H13Cl2F2N3O. The summed E-state index contributed by atoms with van der Waals surface area (Å²) in [7, 11) is 0. The highest BCUT2D eigenvalue weighted by Crippen LogP contribution is 2.24. The Balaban J connectivity index is 1.48. The van der Waals surface area contributed by atoms with Crippen LogP contribution in [-0.2, 0) is 6.54 Å². The van der Waals surface area contributed by atoms with Crippen molar-refractivity contribution in [3.8, 4) is 11.4 Å². The van der Waals surface area contributed by atoms with Crippen molar-refractivity contribution < 1.29 is 13.6 Å². The normalized spacial score (nSPS) is 11.0. The van der Waals surface area contributed by atoms with Crippen LogP contribution in [0.1, 0.15) is 15.9 Å². The number of carbonyl (C=O) groups excluding carboxylic acids is 1. The van der Waals surface area contributed by atoms with Gasteiger partial charge < -0.3 is 10.3 Å². The molecule has 0 aliphatic carbocycles. The molecule has 29 heavy (non-hydrogen) atoms. The summed E-state index contributed by atoms with van der Waals surface area (Å²) in [6.45, 7) is 0.304. The van der Waals surface area contributed by atoms with Crippen LogP contribution in [0.15, 0.2) is 54.6 Å². The summed E-state index contributed by atoms with van der Waals surface area (Å²) < 4.78 is 26.7. The number of nitrogens with zero attached hydrogens (tertiary/aromatic N) is 1. The Bertz CT molecular complexity index is 1180. The van der Waals surface area contributed by atoms with Crippen LogP contribution in [0.3, 0.4) is 0 Å². The highest BCUT2D eigenvalue weighted by atomic mass is 35.5. The summed E-state index contributed by atoms with van der Waals surface area (Å²) in [5, 5.41) is 3.68. The standard InChI is InChI=1S/C21H13Cl2F2N3O/c22-14-6-1-11(7-15(14)23)10-26-21(29)13-4-2-12(3-5-13)20-27-18-8-16(24)17(25)9-19(18)28-20/h1-9H,10H2,(H,26,29)(H,27,28). The van der Waals surface area contributed by atoms with Gasteiger partial charge in [-0.15, -0.1) is 0 Å². The molecular weight excluding hydrogens is 419 g/mol. The molecule has 0 bridgehead atoms. The Morgan fingerprint density at radius 1 is 0.966 bits per heavy atom. The van der Waals surface area contributed by atoms with E-state index in [2.05, 4.69) is 15.3 Å². The Kier molecular flexibility index (Phi) is 5.22. The molecule has 0 unspecified atom stereocenters. The zero-order chi connectivity index (χ0) is 20.5. The molecule has 0 aliphatic rings. The summed E-state index contributed by atoms with van der Waals surface area (Å²) in [4.78, 5) is 19.6.